The zero-order valence-corrected chi connectivity index (χ0v) is 12.1. The van der Waals surface area contributed by atoms with Gasteiger partial charge in [0.15, 0.2) is 11.0 Å². The number of carbonyl (C=O) groups is 1. The van der Waals surface area contributed by atoms with E-state index in [0.29, 0.717) is 5.88 Å². The molecule has 2 heterocycles. The van der Waals surface area contributed by atoms with E-state index < -0.39 is 5.97 Å². The first-order valence-electron chi connectivity index (χ1n) is 6.04. The van der Waals surface area contributed by atoms with E-state index in [1.807, 2.05) is 6.92 Å². The van der Waals surface area contributed by atoms with Crippen molar-refractivity contribution in [3.8, 4) is 5.88 Å². The van der Waals surface area contributed by atoms with Gasteiger partial charge >= 0.3 is 5.97 Å². The van der Waals surface area contributed by atoms with E-state index in [-0.39, 0.29) is 22.6 Å². The Bertz CT molecular complexity index is 666. The van der Waals surface area contributed by atoms with Crippen LogP contribution in [-0.2, 0) is 0 Å². The SMILES string of the molecule is COc1cc(C(C)Nc2nnc(Cl)cc2C(=O)O)ccn1. The van der Waals surface area contributed by atoms with Crippen LogP contribution in [-0.4, -0.2) is 33.4 Å². The minimum Gasteiger partial charge on any atom is -0.481 e. The van der Waals surface area contributed by atoms with Crippen LogP contribution in [0.5, 0.6) is 5.88 Å². The molecule has 1 unspecified atom stereocenters. The van der Waals surface area contributed by atoms with Crippen LogP contribution in [0, 0.1) is 0 Å². The molecule has 2 N–H and O–H groups in total. The molecule has 0 aliphatic heterocycles. The van der Waals surface area contributed by atoms with E-state index in [1.165, 1.54) is 13.2 Å². The van der Waals surface area contributed by atoms with Gasteiger partial charge in [-0.2, -0.15) is 0 Å². The van der Waals surface area contributed by atoms with Gasteiger partial charge < -0.3 is 15.2 Å². The molecular formula is C13H13ClN4O3. The predicted octanol–water partition coefficient (Wildman–Crippen LogP) is 2.40. The van der Waals surface area contributed by atoms with Crippen LogP contribution in [0.1, 0.15) is 28.9 Å². The number of rotatable bonds is 5. The van der Waals surface area contributed by atoms with Gasteiger partial charge in [0.05, 0.1) is 13.2 Å². The fraction of sp³-hybridized carbons (Fsp3) is 0.231. The van der Waals surface area contributed by atoms with Crippen LogP contribution in [0.3, 0.4) is 0 Å². The number of halogens is 1. The fourth-order valence-electron chi connectivity index (χ4n) is 1.73. The second-order valence-electron chi connectivity index (χ2n) is 4.23. The molecule has 0 saturated carbocycles. The molecule has 2 rings (SSSR count). The van der Waals surface area contributed by atoms with E-state index in [1.54, 1.807) is 18.3 Å². The van der Waals surface area contributed by atoms with E-state index >= 15 is 0 Å². The summed E-state index contributed by atoms with van der Waals surface area (Å²) in [6.07, 6.45) is 1.61. The minimum absolute atomic E-state index is 0.0242. The van der Waals surface area contributed by atoms with Crippen LogP contribution in [0.15, 0.2) is 24.4 Å². The van der Waals surface area contributed by atoms with Crippen molar-refractivity contribution in [3.63, 3.8) is 0 Å². The Morgan fingerprint density at radius 2 is 2.19 bits per heavy atom. The zero-order chi connectivity index (χ0) is 15.4. The number of carboxylic acids is 1. The largest absolute Gasteiger partial charge is 0.481 e. The highest BCUT2D eigenvalue weighted by molar-refractivity contribution is 6.29. The van der Waals surface area contributed by atoms with Gasteiger partial charge in [-0.1, -0.05) is 11.6 Å². The summed E-state index contributed by atoms with van der Waals surface area (Å²) in [5, 5.41) is 19.6. The maximum absolute atomic E-state index is 11.2. The highest BCUT2D eigenvalue weighted by Crippen LogP contribution is 2.23. The first-order valence-corrected chi connectivity index (χ1v) is 6.42. The Hall–Kier alpha value is -2.41. The van der Waals surface area contributed by atoms with Crippen molar-refractivity contribution >= 4 is 23.4 Å². The van der Waals surface area contributed by atoms with Crippen LogP contribution < -0.4 is 10.1 Å². The second-order valence-corrected chi connectivity index (χ2v) is 4.62. The number of anilines is 1. The lowest BCUT2D eigenvalue weighted by Crippen LogP contribution is -2.13. The van der Waals surface area contributed by atoms with Crippen LogP contribution in [0.4, 0.5) is 5.82 Å². The summed E-state index contributed by atoms with van der Waals surface area (Å²) >= 11 is 5.66. The molecule has 0 amide bonds. The summed E-state index contributed by atoms with van der Waals surface area (Å²) < 4.78 is 5.05. The summed E-state index contributed by atoms with van der Waals surface area (Å²) in [6.45, 7) is 1.86. The number of pyridine rings is 1. The van der Waals surface area contributed by atoms with Crippen LogP contribution in [0.25, 0.3) is 0 Å². The first-order chi connectivity index (χ1) is 10.0. The molecule has 0 aliphatic carbocycles. The topological polar surface area (TPSA) is 97.2 Å². The van der Waals surface area contributed by atoms with E-state index in [9.17, 15) is 4.79 Å². The van der Waals surface area contributed by atoms with Crippen molar-refractivity contribution in [3.05, 3.63) is 40.7 Å². The Kier molecular flexibility index (Phi) is 4.54. The quantitative estimate of drug-likeness (QED) is 0.875. The average Bonchev–Trinajstić information content (AvgIpc) is 2.48. The Labute approximate surface area is 125 Å². The van der Waals surface area contributed by atoms with E-state index in [2.05, 4.69) is 20.5 Å². The lowest BCUT2D eigenvalue weighted by molar-refractivity contribution is 0.0697. The molecule has 110 valence electrons. The maximum Gasteiger partial charge on any atom is 0.339 e. The number of aromatic carboxylic acids is 1. The molecule has 0 bridgehead atoms. The maximum atomic E-state index is 11.2. The number of aromatic nitrogens is 3. The fourth-order valence-corrected chi connectivity index (χ4v) is 1.88. The number of nitrogens with one attached hydrogen (secondary N) is 1. The summed E-state index contributed by atoms with van der Waals surface area (Å²) in [5.74, 6) is -0.509. The molecule has 0 saturated heterocycles. The van der Waals surface area contributed by atoms with Crippen LogP contribution >= 0.6 is 11.6 Å². The predicted molar refractivity (Wildman–Crippen MR) is 76.8 cm³/mol. The Morgan fingerprint density at radius 1 is 1.43 bits per heavy atom. The van der Waals surface area contributed by atoms with Crippen molar-refractivity contribution in [1.29, 1.82) is 0 Å². The van der Waals surface area contributed by atoms with Gasteiger partial charge in [-0.3, -0.25) is 0 Å². The summed E-state index contributed by atoms with van der Waals surface area (Å²) in [6, 6.07) is 4.58. The lowest BCUT2D eigenvalue weighted by Gasteiger charge is -2.16. The molecule has 7 nitrogen and oxygen atoms in total. The number of methoxy groups -OCH3 is 1. The number of hydrogen-bond acceptors (Lipinski definition) is 6. The molecule has 0 aromatic carbocycles. The van der Waals surface area contributed by atoms with Crippen molar-refractivity contribution in [2.45, 2.75) is 13.0 Å². The number of ether oxygens (including phenoxy) is 1. The standard InChI is InChI=1S/C13H13ClN4O3/c1-7(8-3-4-15-11(5-8)21-2)16-12-9(13(19)20)6-10(14)17-18-12/h3-7H,1-2H3,(H,16,18)(H,19,20). The van der Waals surface area contributed by atoms with Gasteiger partial charge in [-0.05, 0) is 24.6 Å². The highest BCUT2D eigenvalue weighted by atomic mass is 35.5. The second kappa shape index (κ2) is 6.36. The summed E-state index contributed by atoms with van der Waals surface area (Å²) in [7, 11) is 1.53. The van der Waals surface area contributed by atoms with Gasteiger partial charge in [0, 0.05) is 12.3 Å². The number of hydrogen-bond donors (Lipinski definition) is 2. The molecule has 1 atom stereocenters. The molecule has 0 fully saturated rings. The van der Waals surface area contributed by atoms with E-state index in [4.69, 9.17) is 21.4 Å². The lowest BCUT2D eigenvalue weighted by atomic mass is 10.1. The van der Waals surface area contributed by atoms with Crippen molar-refractivity contribution < 1.29 is 14.6 Å². The Morgan fingerprint density at radius 3 is 2.86 bits per heavy atom. The minimum atomic E-state index is -1.13. The monoisotopic (exact) mass is 308 g/mol. The molecule has 0 radical (unpaired) electrons. The van der Waals surface area contributed by atoms with Crippen LogP contribution in [0.2, 0.25) is 5.15 Å². The molecule has 2 aromatic heterocycles. The van der Waals surface area contributed by atoms with Gasteiger partial charge in [-0.15, -0.1) is 10.2 Å². The van der Waals surface area contributed by atoms with Crippen molar-refractivity contribution in [2.75, 3.05) is 12.4 Å². The van der Waals surface area contributed by atoms with Gasteiger partial charge in [0.2, 0.25) is 5.88 Å². The Balaban J connectivity index is 2.26. The number of nitrogens with zero attached hydrogens (tertiary/aromatic N) is 3. The summed E-state index contributed by atoms with van der Waals surface area (Å²) in [5.41, 5.74) is 0.831. The van der Waals surface area contributed by atoms with Gasteiger partial charge in [0.1, 0.15) is 5.56 Å². The third-order valence-corrected chi connectivity index (χ3v) is 3.00. The third kappa shape index (κ3) is 3.57. The molecule has 2 aromatic rings. The highest BCUT2D eigenvalue weighted by Gasteiger charge is 2.16. The van der Waals surface area contributed by atoms with Crippen molar-refractivity contribution in [1.82, 2.24) is 15.2 Å². The molecule has 8 heteroatoms. The van der Waals surface area contributed by atoms with Crippen molar-refractivity contribution in [2.24, 2.45) is 0 Å². The molecule has 21 heavy (non-hydrogen) atoms. The number of carboxylic acid groups (broad SMARTS) is 1. The van der Waals surface area contributed by atoms with Gasteiger partial charge in [0.25, 0.3) is 0 Å². The molecular weight excluding hydrogens is 296 g/mol. The smallest absolute Gasteiger partial charge is 0.339 e. The zero-order valence-electron chi connectivity index (χ0n) is 11.4. The average molecular weight is 309 g/mol. The third-order valence-electron chi connectivity index (χ3n) is 2.82. The van der Waals surface area contributed by atoms with E-state index in [0.717, 1.165) is 5.56 Å². The molecule has 0 aliphatic rings. The normalized spacial score (nSPS) is 11.8. The molecule has 0 spiro atoms. The first kappa shape index (κ1) is 15.0. The van der Waals surface area contributed by atoms with Gasteiger partial charge in [-0.25, -0.2) is 9.78 Å². The summed E-state index contributed by atoms with van der Waals surface area (Å²) in [4.78, 5) is 15.2.